The molecule has 3 unspecified atom stereocenters. The van der Waals surface area contributed by atoms with Crippen LogP contribution in [-0.2, 0) is 0 Å². The van der Waals surface area contributed by atoms with Crippen LogP contribution in [0.25, 0.3) is 10.2 Å². The van der Waals surface area contributed by atoms with Gasteiger partial charge in [-0.15, -0.1) is 11.3 Å². The lowest BCUT2D eigenvalue weighted by Crippen LogP contribution is -2.39. The standard InChI is InChI=1S/C18H22N2S3/c1-12(2)14-9-8-13(3)10-18(14,21-11-19)23-17-20-15-6-4-5-7-16(15)22-17/h4-7,12-14H,8-10H2,1-3H3. The number of hydrogen-bond donors (Lipinski definition) is 0. The molecule has 1 aliphatic carbocycles. The Labute approximate surface area is 151 Å². The summed E-state index contributed by atoms with van der Waals surface area (Å²) >= 11 is 5.09. The second-order valence-electron chi connectivity index (χ2n) is 6.79. The average molecular weight is 363 g/mol. The lowest BCUT2D eigenvalue weighted by atomic mass is 9.76. The van der Waals surface area contributed by atoms with E-state index in [4.69, 9.17) is 4.98 Å². The van der Waals surface area contributed by atoms with Crippen LogP contribution in [0.2, 0.25) is 0 Å². The Hall–Kier alpha value is -0.700. The van der Waals surface area contributed by atoms with E-state index < -0.39 is 0 Å². The molecule has 0 bridgehead atoms. The zero-order valence-electron chi connectivity index (χ0n) is 13.8. The maximum atomic E-state index is 9.47. The number of rotatable bonds is 4. The lowest BCUT2D eigenvalue weighted by molar-refractivity contribution is 0.227. The van der Waals surface area contributed by atoms with Gasteiger partial charge in [-0.25, -0.2) is 4.98 Å². The molecule has 0 amide bonds. The van der Waals surface area contributed by atoms with Crippen molar-refractivity contribution in [2.24, 2.45) is 17.8 Å². The Morgan fingerprint density at radius 1 is 1.35 bits per heavy atom. The molecule has 1 saturated carbocycles. The molecule has 2 aromatic rings. The summed E-state index contributed by atoms with van der Waals surface area (Å²) in [5.74, 6) is 1.82. The minimum Gasteiger partial charge on any atom is -0.230 e. The van der Waals surface area contributed by atoms with Crippen molar-refractivity contribution in [1.82, 2.24) is 4.98 Å². The number of para-hydroxylation sites is 1. The van der Waals surface area contributed by atoms with Gasteiger partial charge in [0.05, 0.1) is 14.3 Å². The maximum absolute atomic E-state index is 9.47. The first-order chi connectivity index (χ1) is 11.0. The Morgan fingerprint density at radius 3 is 2.83 bits per heavy atom. The maximum Gasteiger partial charge on any atom is 0.152 e. The fraction of sp³-hybridized carbons (Fsp3) is 0.556. The molecule has 3 rings (SSSR count). The van der Waals surface area contributed by atoms with Crippen LogP contribution in [0.1, 0.15) is 40.0 Å². The van der Waals surface area contributed by atoms with Crippen molar-refractivity contribution in [2.75, 3.05) is 0 Å². The number of thiazole rings is 1. The molecule has 1 aromatic heterocycles. The average Bonchev–Trinajstić information content (AvgIpc) is 2.88. The molecule has 5 heteroatoms. The Morgan fingerprint density at radius 2 is 2.13 bits per heavy atom. The fourth-order valence-corrected chi connectivity index (χ4v) is 8.30. The summed E-state index contributed by atoms with van der Waals surface area (Å²) in [6.07, 6.45) is 3.58. The number of aromatic nitrogens is 1. The molecule has 0 saturated heterocycles. The zero-order chi connectivity index (χ0) is 16.4. The monoisotopic (exact) mass is 362 g/mol. The van der Waals surface area contributed by atoms with Crippen molar-refractivity contribution in [3.8, 4) is 5.40 Å². The smallest absolute Gasteiger partial charge is 0.152 e. The van der Waals surface area contributed by atoms with E-state index >= 15 is 0 Å². The first kappa shape index (κ1) is 17.1. The predicted molar refractivity (Wildman–Crippen MR) is 103 cm³/mol. The molecule has 1 fully saturated rings. The van der Waals surface area contributed by atoms with E-state index in [0.717, 1.165) is 16.3 Å². The molecule has 1 heterocycles. The third kappa shape index (κ3) is 3.55. The van der Waals surface area contributed by atoms with E-state index in [1.807, 2.05) is 17.8 Å². The second kappa shape index (κ2) is 7.04. The number of fused-ring (bicyclic) bond motifs is 1. The van der Waals surface area contributed by atoms with Gasteiger partial charge in [-0.1, -0.05) is 51.1 Å². The van der Waals surface area contributed by atoms with E-state index in [-0.39, 0.29) is 4.08 Å². The number of benzene rings is 1. The van der Waals surface area contributed by atoms with Gasteiger partial charge >= 0.3 is 0 Å². The number of thiocyanates is 1. The van der Waals surface area contributed by atoms with Crippen molar-refractivity contribution in [1.29, 1.82) is 5.26 Å². The van der Waals surface area contributed by atoms with Crippen LogP contribution < -0.4 is 0 Å². The minimum absolute atomic E-state index is 0.0611. The molecule has 0 N–H and O–H groups in total. The number of nitrogens with zero attached hydrogens (tertiary/aromatic N) is 2. The summed E-state index contributed by atoms with van der Waals surface area (Å²) < 4.78 is 2.28. The van der Waals surface area contributed by atoms with Crippen LogP contribution in [0, 0.1) is 28.4 Å². The normalized spacial score (nSPS) is 28.1. The number of nitriles is 1. The van der Waals surface area contributed by atoms with Crippen LogP contribution in [0.4, 0.5) is 0 Å². The fourth-order valence-electron chi connectivity index (χ4n) is 3.64. The quantitative estimate of drug-likeness (QED) is 0.466. The summed E-state index contributed by atoms with van der Waals surface area (Å²) in [6.45, 7) is 6.92. The molecule has 23 heavy (non-hydrogen) atoms. The minimum atomic E-state index is -0.0611. The third-order valence-corrected chi connectivity index (χ3v) is 8.54. The van der Waals surface area contributed by atoms with Crippen LogP contribution in [0.3, 0.4) is 0 Å². The molecular formula is C18H22N2S3. The third-order valence-electron chi connectivity index (χ3n) is 4.73. The molecule has 1 aromatic carbocycles. The summed E-state index contributed by atoms with van der Waals surface area (Å²) in [4.78, 5) is 4.81. The molecule has 0 radical (unpaired) electrons. The van der Waals surface area contributed by atoms with Gasteiger partial charge in [0.25, 0.3) is 0 Å². The second-order valence-corrected chi connectivity index (χ2v) is 10.8. The first-order valence-corrected chi connectivity index (χ1v) is 10.6. The number of hydrogen-bond acceptors (Lipinski definition) is 5. The van der Waals surface area contributed by atoms with E-state index in [2.05, 4.69) is 44.4 Å². The number of thioether (sulfide) groups is 2. The molecule has 122 valence electrons. The van der Waals surface area contributed by atoms with Gasteiger partial charge in [-0.3, -0.25) is 0 Å². The van der Waals surface area contributed by atoms with Gasteiger partial charge in [0.15, 0.2) is 4.34 Å². The zero-order valence-corrected chi connectivity index (χ0v) is 16.2. The SMILES string of the molecule is CC1CCC(C(C)C)C(SC#N)(Sc2nc3ccccc3s2)C1. The molecular weight excluding hydrogens is 340 g/mol. The largest absolute Gasteiger partial charge is 0.230 e. The van der Waals surface area contributed by atoms with Gasteiger partial charge in [-0.05, 0) is 54.5 Å². The van der Waals surface area contributed by atoms with E-state index in [9.17, 15) is 5.26 Å². The van der Waals surface area contributed by atoms with Crippen LogP contribution in [-0.4, -0.2) is 9.06 Å². The van der Waals surface area contributed by atoms with E-state index in [0.29, 0.717) is 17.8 Å². The van der Waals surface area contributed by atoms with Gasteiger partial charge in [0.2, 0.25) is 0 Å². The van der Waals surface area contributed by atoms with Gasteiger partial charge in [-0.2, -0.15) is 5.26 Å². The van der Waals surface area contributed by atoms with Gasteiger partial charge < -0.3 is 0 Å². The predicted octanol–water partition coefficient (Wildman–Crippen LogP) is 6.39. The van der Waals surface area contributed by atoms with E-state index in [1.165, 1.54) is 29.3 Å². The van der Waals surface area contributed by atoms with Gasteiger partial charge in [0, 0.05) is 0 Å². The summed E-state index contributed by atoms with van der Waals surface area (Å²) in [5, 5.41) is 11.9. The summed E-state index contributed by atoms with van der Waals surface area (Å²) in [7, 11) is 0. The highest BCUT2D eigenvalue weighted by atomic mass is 32.2. The van der Waals surface area contributed by atoms with Crippen molar-refractivity contribution < 1.29 is 0 Å². The highest BCUT2D eigenvalue weighted by molar-refractivity contribution is 8.21. The summed E-state index contributed by atoms with van der Waals surface area (Å²) in [6, 6.07) is 8.30. The topological polar surface area (TPSA) is 36.7 Å². The van der Waals surface area contributed by atoms with Crippen molar-refractivity contribution in [3.05, 3.63) is 24.3 Å². The van der Waals surface area contributed by atoms with Gasteiger partial charge in [0.1, 0.15) is 5.40 Å². The van der Waals surface area contributed by atoms with Crippen molar-refractivity contribution in [2.45, 2.75) is 48.5 Å². The van der Waals surface area contributed by atoms with Crippen molar-refractivity contribution >= 4 is 45.1 Å². The van der Waals surface area contributed by atoms with Crippen molar-refractivity contribution in [3.63, 3.8) is 0 Å². The Kier molecular flexibility index (Phi) is 5.25. The Bertz CT molecular complexity index is 685. The van der Waals surface area contributed by atoms with Crippen LogP contribution in [0.5, 0.6) is 0 Å². The molecule has 0 aliphatic heterocycles. The Balaban J connectivity index is 1.96. The summed E-state index contributed by atoms with van der Waals surface area (Å²) in [5.41, 5.74) is 1.07. The van der Waals surface area contributed by atoms with Crippen LogP contribution in [0.15, 0.2) is 28.6 Å². The first-order valence-electron chi connectivity index (χ1n) is 8.16. The highest BCUT2D eigenvalue weighted by Crippen LogP contribution is 2.58. The molecule has 1 aliphatic rings. The molecule has 0 spiro atoms. The highest BCUT2D eigenvalue weighted by Gasteiger charge is 2.46. The van der Waals surface area contributed by atoms with Crippen LogP contribution >= 0.6 is 34.9 Å². The lowest BCUT2D eigenvalue weighted by Gasteiger charge is -2.45. The molecule has 3 atom stereocenters. The van der Waals surface area contributed by atoms with E-state index in [1.54, 1.807) is 11.3 Å². The molecule has 2 nitrogen and oxygen atoms in total.